The maximum Gasteiger partial charge on any atom is 0.251 e. The summed E-state index contributed by atoms with van der Waals surface area (Å²) >= 11 is 0. The number of ether oxygens (including phenoxy) is 2. The molecule has 2 heterocycles. The van der Waals surface area contributed by atoms with E-state index < -0.39 is 0 Å². The molecule has 148 valence electrons. The maximum atomic E-state index is 12.8. The van der Waals surface area contributed by atoms with E-state index >= 15 is 0 Å². The van der Waals surface area contributed by atoms with Gasteiger partial charge >= 0.3 is 0 Å². The fourth-order valence-corrected chi connectivity index (χ4v) is 4.69. The summed E-state index contributed by atoms with van der Waals surface area (Å²) in [7, 11) is 3.18. The third-order valence-corrected chi connectivity index (χ3v) is 6.07. The fourth-order valence-electron chi connectivity index (χ4n) is 4.69. The number of carbonyl (C=O) groups excluding carboxylic acids is 1. The molecule has 0 radical (unpaired) electrons. The molecule has 1 amide bonds. The largest absolute Gasteiger partial charge is 0.493 e. The van der Waals surface area contributed by atoms with Crippen LogP contribution in [0.25, 0.3) is 0 Å². The molecule has 1 unspecified atom stereocenters. The highest BCUT2D eigenvalue weighted by Gasteiger charge is 2.40. The molecule has 5 nitrogen and oxygen atoms in total. The first kappa shape index (κ1) is 18.8. The fraction of sp³-hybridized carbons (Fsp3) is 0.435. The molecule has 4 rings (SSSR count). The number of nitrogens with one attached hydrogen (secondary N) is 1. The summed E-state index contributed by atoms with van der Waals surface area (Å²) in [5.41, 5.74) is 1.98. The van der Waals surface area contributed by atoms with Gasteiger partial charge in [0.2, 0.25) is 0 Å². The smallest absolute Gasteiger partial charge is 0.251 e. The molecule has 0 aliphatic carbocycles. The molecule has 1 N–H and O–H groups in total. The van der Waals surface area contributed by atoms with Gasteiger partial charge in [0.05, 0.1) is 14.2 Å². The summed E-state index contributed by atoms with van der Waals surface area (Å²) < 4.78 is 10.6. The molecule has 0 saturated carbocycles. The lowest BCUT2D eigenvalue weighted by Gasteiger charge is -2.39. The summed E-state index contributed by atoms with van der Waals surface area (Å²) in [4.78, 5) is 15.4. The molecular formula is C23H28N2O3. The molecule has 2 aromatic rings. The molecule has 2 aliphatic rings. The van der Waals surface area contributed by atoms with E-state index in [1.165, 1.54) is 18.4 Å². The van der Waals surface area contributed by atoms with E-state index in [1.807, 2.05) is 0 Å². The van der Waals surface area contributed by atoms with Gasteiger partial charge in [0.1, 0.15) is 0 Å². The number of hydrogen-bond acceptors (Lipinski definition) is 4. The third-order valence-electron chi connectivity index (χ3n) is 6.07. The summed E-state index contributed by atoms with van der Waals surface area (Å²) in [6, 6.07) is 17.3. The number of rotatable bonds is 6. The lowest BCUT2D eigenvalue weighted by molar-refractivity contribution is 0.0827. The Balaban J connectivity index is 1.39. The van der Waals surface area contributed by atoms with Crippen LogP contribution in [0.1, 0.15) is 41.6 Å². The van der Waals surface area contributed by atoms with Crippen LogP contribution in [0.15, 0.2) is 48.5 Å². The minimum absolute atomic E-state index is 0.0399. The number of piperidine rings is 1. The van der Waals surface area contributed by atoms with E-state index in [4.69, 9.17) is 9.47 Å². The first-order valence-corrected chi connectivity index (χ1v) is 10.0. The van der Waals surface area contributed by atoms with Crippen molar-refractivity contribution in [3.8, 4) is 11.5 Å². The van der Waals surface area contributed by atoms with Crippen LogP contribution in [0.5, 0.6) is 11.5 Å². The highest BCUT2D eigenvalue weighted by molar-refractivity contribution is 5.95. The lowest BCUT2D eigenvalue weighted by Crippen LogP contribution is -2.49. The van der Waals surface area contributed by atoms with Crippen molar-refractivity contribution in [3.63, 3.8) is 0 Å². The van der Waals surface area contributed by atoms with Crippen molar-refractivity contribution in [2.24, 2.45) is 0 Å². The molecule has 0 aromatic heterocycles. The highest BCUT2D eigenvalue weighted by atomic mass is 16.5. The van der Waals surface area contributed by atoms with E-state index in [1.54, 1.807) is 32.4 Å². The number of amides is 1. The minimum atomic E-state index is -0.0399. The molecule has 5 heteroatoms. The van der Waals surface area contributed by atoms with E-state index in [-0.39, 0.29) is 11.9 Å². The van der Waals surface area contributed by atoms with E-state index in [2.05, 4.69) is 40.5 Å². The normalized spacial score (nSPS) is 24.0. The average molecular weight is 380 g/mol. The van der Waals surface area contributed by atoms with Crippen molar-refractivity contribution in [1.29, 1.82) is 0 Å². The monoisotopic (exact) mass is 380 g/mol. The van der Waals surface area contributed by atoms with Gasteiger partial charge < -0.3 is 14.8 Å². The molecule has 2 aliphatic heterocycles. The van der Waals surface area contributed by atoms with Crippen molar-refractivity contribution in [1.82, 2.24) is 10.2 Å². The van der Waals surface area contributed by atoms with E-state index in [0.29, 0.717) is 29.1 Å². The van der Waals surface area contributed by atoms with Gasteiger partial charge in [0, 0.05) is 30.2 Å². The lowest BCUT2D eigenvalue weighted by atomic mass is 9.96. The van der Waals surface area contributed by atoms with Crippen molar-refractivity contribution in [2.75, 3.05) is 14.2 Å². The zero-order chi connectivity index (χ0) is 19.5. The second-order valence-electron chi connectivity index (χ2n) is 7.75. The Morgan fingerprint density at radius 3 is 2.32 bits per heavy atom. The first-order valence-electron chi connectivity index (χ1n) is 10.0. The van der Waals surface area contributed by atoms with E-state index in [0.717, 1.165) is 19.4 Å². The number of fused-ring (bicyclic) bond motifs is 2. The van der Waals surface area contributed by atoms with Crippen LogP contribution >= 0.6 is 0 Å². The molecule has 2 aromatic carbocycles. The van der Waals surface area contributed by atoms with Crippen LogP contribution in [0, 0.1) is 0 Å². The van der Waals surface area contributed by atoms with Gasteiger partial charge in [-0.25, -0.2) is 0 Å². The SMILES string of the molecule is COc1ccc(C(=O)NC2C[C@H]3CC[C@@H](C2)N3Cc2ccccc2)cc1OC. The van der Waals surface area contributed by atoms with Gasteiger partial charge in [-0.05, 0) is 49.4 Å². The Bertz CT molecular complexity index is 810. The third kappa shape index (κ3) is 3.85. The number of methoxy groups -OCH3 is 2. The summed E-state index contributed by atoms with van der Waals surface area (Å²) in [5, 5.41) is 3.25. The summed E-state index contributed by atoms with van der Waals surface area (Å²) in [6.07, 6.45) is 4.48. The average Bonchev–Trinajstić information content (AvgIpc) is 2.96. The molecule has 2 bridgehead atoms. The molecule has 2 fully saturated rings. The van der Waals surface area contributed by atoms with Gasteiger partial charge in [0.25, 0.3) is 5.91 Å². The maximum absolute atomic E-state index is 12.8. The topological polar surface area (TPSA) is 50.8 Å². The Labute approximate surface area is 166 Å². The summed E-state index contributed by atoms with van der Waals surface area (Å²) in [6.45, 7) is 1.01. The van der Waals surface area contributed by atoms with Crippen molar-refractivity contribution in [2.45, 2.75) is 50.4 Å². The van der Waals surface area contributed by atoms with Crippen molar-refractivity contribution < 1.29 is 14.3 Å². The molecule has 28 heavy (non-hydrogen) atoms. The van der Waals surface area contributed by atoms with Crippen LogP contribution in [0.4, 0.5) is 0 Å². The van der Waals surface area contributed by atoms with Gasteiger partial charge in [-0.3, -0.25) is 9.69 Å². The number of carbonyl (C=O) groups is 1. The molecule has 0 spiro atoms. The van der Waals surface area contributed by atoms with Crippen LogP contribution in [-0.2, 0) is 6.54 Å². The Morgan fingerprint density at radius 1 is 1.00 bits per heavy atom. The zero-order valence-corrected chi connectivity index (χ0v) is 16.6. The Hall–Kier alpha value is -2.53. The van der Waals surface area contributed by atoms with E-state index in [9.17, 15) is 4.79 Å². The summed E-state index contributed by atoms with van der Waals surface area (Å²) in [5.74, 6) is 1.17. The highest BCUT2D eigenvalue weighted by Crippen LogP contribution is 2.37. The number of hydrogen-bond donors (Lipinski definition) is 1. The predicted octanol–water partition coefficient (Wildman–Crippen LogP) is 3.63. The van der Waals surface area contributed by atoms with Gasteiger partial charge in [-0.15, -0.1) is 0 Å². The second-order valence-corrected chi connectivity index (χ2v) is 7.75. The quantitative estimate of drug-likeness (QED) is 0.831. The standard InChI is InChI=1S/C23H28N2O3/c1-27-21-11-8-17(12-22(21)28-2)23(26)24-18-13-19-9-10-20(14-18)25(19)15-16-6-4-3-5-7-16/h3-8,11-12,18-20H,9-10,13-15H2,1-2H3,(H,24,26)/t18?,19-,20+. The molecule has 2 saturated heterocycles. The van der Waals surface area contributed by atoms with Crippen LogP contribution in [0.3, 0.4) is 0 Å². The second kappa shape index (κ2) is 8.23. The molecular weight excluding hydrogens is 352 g/mol. The van der Waals surface area contributed by atoms with Gasteiger partial charge in [-0.2, -0.15) is 0 Å². The Morgan fingerprint density at radius 2 is 1.68 bits per heavy atom. The van der Waals surface area contributed by atoms with Gasteiger partial charge in [-0.1, -0.05) is 30.3 Å². The Kier molecular flexibility index (Phi) is 5.53. The van der Waals surface area contributed by atoms with Gasteiger partial charge in [0.15, 0.2) is 11.5 Å². The first-order chi connectivity index (χ1) is 13.7. The van der Waals surface area contributed by atoms with Crippen molar-refractivity contribution >= 4 is 5.91 Å². The zero-order valence-electron chi connectivity index (χ0n) is 16.6. The number of benzene rings is 2. The molecule has 3 atom stereocenters. The van der Waals surface area contributed by atoms with Crippen LogP contribution < -0.4 is 14.8 Å². The number of nitrogens with zero attached hydrogens (tertiary/aromatic N) is 1. The van der Waals surface area contributed by atoms with Crippen LogP contribution in [0.2, 0.25) is 0 Å². The van der Waals surface area contributed by atoms with Crippen molar-refractivity contribution in [3.05, 3.63) is 59.7 Å². The van der Waals surface area contributed by atoms with Crippen LogP contribution in [-0.4, -0.2) is 43.2 Å². The minimum Gasteiger partial charge on any atom is -0.493 e. The predicted molar refractivity (Wildman–Crippen MR) is 109 cm³/mol.